The van der Waals surface area contributed by atoms with Gasteiger partial charge in [0.25, 0.3) is 0 Å². The van der Waals surface area contributed by atoms with Crippen molar-refractivity contribution in [3.8, 4) is 0 Å². The van der Waals surface area contributed by atoms with Crippen LogP contribution in [0.5, 0.6) is 0 Å². The molecule has 0 aromatic carbocycles. The number of furan rings is 1. The molecule has 0 saturated carbocycles. The van der Waals surface area contributed by atoms with E-state index < -0.39 is 0 Å². The molecule has 0 aliphatic carbocycles. The van der Waals surface area contributed by atoms with Crippen molar-refractivity contribution in [1.29, 1.82) is 0 Å². The minimum Gasteiger partial charge on any atom is -0.465 e. The largest absolute Gasteiger partial charge is 0.465 e. The van der Waals surface area contributed by atoms with Crippen LogP contribution in [0.15, 0.2) is 34.9 Å². The van der Waals surface area contributed by atoms with Gasteiger partial charge in [0.2, 0.25) is 0 Å². The Kier molecular flexibility index (Phi) is 2.72. The highest BCUT2D eigenvalue weighted by Crippen LogP contribution is 2.09. The van der Waals surface area contributed by atoms with Crippen molar-refractivity contribution in [2.24, 2.45) is 0 Å². The van der Waals surface area contributed by atoms with Crippen LogP contribution in [0.1, 0.15) is 17.1 Å². The molecule has 2 rings (SSSR count). The van der Waals surface area contributed by atoms with Crippen molar-refractivity contribution in [2.75, 3.05) is 5.32 Å². The van der Waals surface area contributed by atoms with Crippen molar-refractivity contribution >= 4 is 5.82 Å². The summed E-state index contributed by atoms with van der Waals surface area (Å²) in [6.07, 6.45) is 1.84. The zero-order valence-electron chi connectivity index (χ0n) is 8.95. The van der Waals surface area contributed by atoms with Crippen LogP contribution in [0.3, 0.4) is 0 Å². The van der Waals surface area contributed by atoms with E-state index in [9.17, 15) is 0 Å². The normalized spacial score (nSPS) is 10.3. The average Bonchev–Trinajstić information content (AvgIpc) is 2.64. The van der Waals surface area contributed by atoms with Gasteiger partial charge in [0.1, 0.15) is 17.3 Å². The van der Waals surface area contributed by atoms with Gasteiger partial charge in [-0.25, -0.2) is 4.98 Å². The van der Waals surface area contributed by atoms with E-state index in [-0.39, 0.29) is 0 Å². The molecule has 15 heavy (non-hydrogen) atoms. The number of hydrogen-bond donors (Lipinski definition) is 1. The fraction of sp³-hybridized carbons (Fsp3) is 0.250. The molecule has 0 radical (unpaired) electrons. The summed E-state index contributed by atoms with van der Waals surface area (Å²) < 4.78 is 5.44. The third-order valence-electron chi connectivity index (χ3n) is 2.15. The minimum atomic E-state index is 0.671. The van der Waals surface area contributed by atoms with Gasteiger partial charge in [0.05, 0.1) is 6.54 Å². The molecular formula is C12H14N2O. The summed E-state index contributed by atoms with van der Waals surface area (Å²) in [5.74, 6) is 2.73. The fourth-order valence-electron chi connectivity index (χ4n) is 1.33. The van der Waals surface area contributed by atoms with Crippen molar-refractivity contribution < 1.29 is 4.42 Å². The Labute approximate surface area is 89.1 Å². The molecule has 2 aromatic rings. The van der Waals surface area contributed by atoms with Crippen LogP contribution in [0.2, 0.25) is 0 Å². The second-order valence-corrected chi connectivity index (χ2v) is 3.59. The van der Waals surface area contributed by atoms with Crippen molar-refractivity contribution in [2.45, 2.75) is 20.4 Å². The average molecular weight is 202 g/mol. The summed E-state index contributed by atoms with van der Waals surface area (Å²) in [4.78, 5) is 4.25. The standard InChI is InChI=1S/C12H14N2O/c1-9-3-6-12(13-7-9)14-8-11-5-4-10(2)15-11/h3-7H,8H2,1-2H3,(H,13,14). The second-order valence-electron chi connectivity index (χ2n) is 3.59. The molecule has 1 N–H and O–H groups in total. The first-order valence-electron chi connectivity index (χ1n) is 4.96. The number of rotatable bonds is 3. The first-order valence-corrected chi connectivity index (χ1v) is 4.96. The Hall–Kier alpha value is -1.77. The quantitative estimate of drug-likeness (QED) is 0.831. The van der Waals surface area contributed by atoms with Crippen LogP contribution in [0.4, 0.5) is 5.82 Å². The Morgan fingerprint density at radius 3 is 2.67 bits per heavy atom. The van der Waals surface area contributed by atoms with Gasteiger partial charge in [0, 0.05) is 6.20 Å². The van der Waals surface area contributed by atoms with Gasteiger partial charge in [-0.3, -0.25) is 0 Å². The lowest BCUT2D eigenvalue weighted by molar-refractivity contribution is 0.490. The molecule has 0 amide bonds. The lowest BCUT2D eigenvalue weighted by Gasteiger charge is -2.03. The summed E-state index contributed by atoms with van der Waals surface area (Å²) in [5.41, 5.74) is 1.16. The molecule has 3 nitrogen and oxygen atoms in total. The van der Waals surface area contributed by atoms with Gasteiger partial charge >= 0.3 is 0 Å². The maximum Gasteiger partial charge on any atom is 0.126 e. The van der Waals surface area contributed by atoms with Crippen LogP contribution < -0.4 is 5.32 Å². The molecule has 2 heterocycles. The van der Waals surface area contributed by atoms with E-state index in [1.165, 1.54) is 0 Å². The molecule has 0 bridgehead atoms. The highest BCUT2D eigenvalue weighted by Gasteiger charge is 1.98. The van der Waals surface area contributed by atoms with E-state index in [0.29, 0.717) is 6.54 Å². The number of hydrogen-bond acceptors (Lipinski definition) is 3. The Morgan fingerprint density at radius 2 is 2.07 bits per heavy atom. The van der Waals surface area contributed by atoms with Crippen molar-refractivity contribution in [1.82, 2.24) is 4.98 Å². The number of aryl methyl sites for hydroxylation is 2. The van der Waals surface area contributed by atoms with E-state index in [1.807, 2.05) is 44.3 Å². The van der Waals surface area contributed by atoms with Crippen molar-refractivity contribution in [3.63, 3.8) is 0 Å². The summed E-state index contributed by atoms with van der Waals surface area (Å²) >= 11 is 0. The Morgan fingerprint density at radius 1 is 1.20 bits per heavy atom. The summed E-state index contributed by atoms with van der Waals surface area (Å²) in [6, 6.07) is 7.92. The zero-order valence-corrected chi connectivity index (χ0v) is 8.95. The SMILES string of the molecule is Cc1ccc(NCc2ccc(C)o2)nc1. The van der Waals surface area contributed by atoms with E-state index >= 15 is 0 Å². The minimum absolute atomic E-state index is 0.671. The van der Waals surface area contributed by atoms with Crippen LogP contribution in [-0.4, -0.2) is 4.98 Å². The van der Waals surface area contributed by atoms with Gasteiger partial charge in [-0.15, -0.1) is 0 Å². The number of anilines is 1. The van der Waals surface area contributed by atoms with Crippen molar-refractivity contribution in [3.05, 3.63) is 47.5 Å². The first kappa shape index (κ1) is 9.77. The van der Waals surface area contributed by atoms with Gasteiger partial charge in [-0.05, 0) is 37.6 Å². The monoisotopic (exact) mass is 202 g/mol. The molecule has 2 aromatic heterocycles. The Balaban J connectivity index is 1.96. The molecule has 0 fully saturated rings. The van der Waals surface area contributed by atoms with E-state index in [2.05, 4.69) is 10.3 Å². The predicted molar refractivity (Wildman–Crippen MR) is 59.7 cm³/mol. The van der Waals surface area contributed by atoms with Crippen LogP contribution in [-0.2, 0) is 6.54 Å². The van der Waals surface area contributed by atoms with Crippen LogP contribution in [0.25, 0.3) is 0 Å². The maximum atomic E-state index is 5.44. The highest BCUT2D eigenvalue weighted by atomic mass is 16.3. The van der Waals surface area contributed by atoms with Gasteiger partial charge in [0.15, 0.2) is 0 Å². The second kappa shape index (κ2) is 4.17. The predicted octanol–water partition coefficient (Wildman–Crippen LogP) is 2.90. The molecule has 0 aliphatic rings. The van der Waals surface area contributed by atoms with E-state index in [0.717, 1.165) is 22.9 Å². The third kappa shape index (κ3) is 2.59. The molecule has 0 saturated heterocycles. The number of pyridine rings is 1. The molecule has 0 unspecified atom stereocenters. The van der Waals surface area contributed by atoms with Gasteiger partial charge in [-0.1, -0.05) is 6.07 Å². The van der Waals surface area contributed by atoms with E-state index in [1.54, 1.807) is 0 Å². The lowest BCUT2D eigenvalue weighted by atomic mass is 10.3. The molecule has 0 aliphatic heterocycles. The summed E-state index contributed by atoms with van der Waals surface area (Å²) in [5, 5.41) is 3.20. The number of nitrogens with one attached hydrogen (secondary N) is 1. The fourth-order valence-corrected chi connectivity index (χ4v) is 1.33. The van der Waals surface area contributed by atoms with Gasteiger partial charge in [-0.2, -0.15) is 0 Å². The molecule has 3 heteroatoms. The first-order chi connectivity index (χ1) is 7.24. The zero-order chi connectivity index (χ0) is 10.7. The van der Waals surface area contributed by atoms with Gasteiger partial charge < -0.3 is 9.73 Å². The number of nitrogens with zero attached hydrogens (tertiary/aromatic N) is 1. The molecule has 0 atom stereocenters. The maximum absolute atomic E-state index is 5.44. The third-order valence-corrected chi connectivity index (χ3v) is 2.15. The number of aromatic nitrogens is 1. The van der Waals surface area contributed by atoms with Crippen LogP contribution in [0, 0.1) is 13.8 Å². The van der Waals surface area contributed by atoms with E-state index in [4.69, 9.17) is 4.42 Å². The highest BCUT2D eigenvalue weighted by molar-refractivity contribution is 5.35. The molecule has 78 valence electrons. The lowest BCUT2D eigenvalue weighted by Crippen LogP contribution is -1.99. The van der Waals surface area contributed by atoms with Crippen LogP contribution >= 0.6 is 0 Å². The molecule has 0 spiro atoms. The Bertz CT molecular complexity index is 431. The summed E-state index contributed by atoms with van der Waals surface area (Å²) in [6.45, 7) is 4.63. The summed E-state index contributed by atoms with van der Waals surface area (Å²) in [7, 11) is 0. The topological polar surface area (TPSA) is 38.1 Å². The molecular weight excluding hydrogens is 188 g/mol. The smallest absolute Gasteiger partial charge is 0.126 e.